The topological polar surface area (TPSA) is 101 Å². The molecule has 0 amide bonds. The van der Waals surface area contributed by atoms with Crippen LogP contribution < -0.4 is 15.4 Å². The van der Waals surface area contributed by atoms with Gasteiger partial charge in [-0.25, -0.2) is 13.1 Å². The van der Waals surface area contributed by atoms with E-state index in [2.05, 4.69) is 20.3 Å². The number of halogens is 1. The number of hydrogen-bond donors (Lipinski definition) is 3. The van der Waals surface area contributed by atoms with E-state index in [1.165, 1.54) is 7.11 Å². The van der Waals surface area contributed by atoms with Gasteiger partial charge >= 0.3 is 0 Å². The molecule has 2 aromatic carbocycles. The molecule has 0 fully saturated rings. The number of ether oxygens (including phenoxy) is 2. The van der Waals surface area contributed by atoms with E-state index in [1.54, 1.807) is 25.2 Å². The fourth-order valence-corrected chi connectivity index (χ4v) is 3.68. The van der Waals surface area contributed by atoms with Crippen LogP contribution in [0.4, 0.5) is 0 Å². The van der Waals surface area contributed by atoms with Crippen molar-refractivity contribution >= 4 is 40.0 Å². The predicted molar refractivity (Wildman–Crippen MR) is 133 cm³/mol. The third-order valence-electron chi connectivity index (χ3n) is 4.14. The monoisotopic (exact) mass is 562 g/mol. The van der Waals surface area contributed by atoms with Gasteiger partial charge in [0.15, 0.2) is 5.96 Å². The van der Waals surface area contributed by atoms with Crippen molar-refractivity contribution in [1.29, 1.82) is 0 Å². The Balaban J connectivity index is 0.00000480. The highest BCUT2D eigenvalue weighted by Gasteiger charge is 2.13. The van der Waals surface area contributed by atoms with E-state index in [-0.39, 0.29) is 35.4 Å². The Morgan fingerprint density at radius 2 is 1.71 bits per heavy atom. The minimum atomic E-state index is -3.56. The van der Waals surface area contributed by atoms with Gasteiger partial charge in [-0.05, 0) is 23.3 Å². The van der Waals surface area contributed by atoms with Crippen LogP contribution in [0.2, 0.25) is 0 Å². The summed E-state index contributed by atoms with van der Waals surface area (Å²) in [6.07, 6.45) is 0. The molecule has 10 heteroatoms. The van der Waals surface area contributed by atoms with E-state index in [9.17, 15) is 8.42 Å². The van der Waals surface area contributed by atoms with Crippen molar-refractivity contribution in [2.24, 2.45) is 4.99 Å². The van der Waals surface area contributed by atoms with E-state index in [1.807, 2.05) is 36.4 Å². The van der Waals surface area contributed by atoms with Gasteiger partial charge < -0.3 is 20.1 Å². The summed E-state index contributed by atoms with van der Waals surface area (Å²) in [5.41, 5.74) is 1.96. The highest BCUT2D eigenvalue weighted by Crippen LogP contribution is 2.11. The van der Waals surface area contributed by atoms with Crippen LogP contribution in [0.1, 0.15) is 11.1 Å². The Bertz CT molecular complexity index is 895. The fourth-order valence-electron chi connectivity index (χ4n) is 2.60. The lowest BCUT2D eigenvalue weighted by molar-refractivity contribution is 0.125. The second kappa shape index (κ2) is 15.1. The summed E-state index contributed by atoms with van der Waals surface area (Å²) in [5, 5.41) is 6.35. The molecule has 0 aliphatic rings. The van der Waals surface area contributed by atoms with Crippen molar-refractivity contribution in [3.05, 3.63) is 65.7 Å². The van der Waals surface area contributed by atoms with E-state index in [4.69, 9.17) is 9.47 Å². The van der Waals surface area contributed by atoms with Crippen molar-refractivity contribution in [2.75, 3.05) is 40.5 Å². The largest absolute Gasteiger partial charge is 0.383 e. The number of guanidine groups is 1. The number of aliphatic imine (C=N–C) groups is 1. The SMILES string of the molecule is CN=C(NCCOCc1ccccc1)NCc1cccc(S(=O)(=O)NCCOC)c1.I. The van der Waals surface area contributed by atoms with Gasteiger partial charge in [-0.15, -0.1) is 24.0 Å². The number of nitrogens with one attached hydrogen (secondary N) is 3. The Kier molecular flexibility index (Phi) is 13.3. The Morgan fingerprint density at radius 3 is 2.42 bits per heavy atom. The maximum absolute atomic E-state index is 12.3. The summed E-state index contributed by atoms with van der Waals surface area (Å²) >= 11 is 0. The molecule has 0 spiro atoms. The van der Waals surface area contributed by atoms with Gasteiger partial charge in [0.25, 0.3) is 0 Å². The molecule has 31 heavy (non-hydrogen) atoms. The van der Waals surface area contributed by atoms with Crippen LogP contribution in [0, 0.1) is 0 Å². The zero-order valence-electron chi connectivity index (χ0n) is 17.8. The van der Waals surface area contributed by atoms with Gasteiger partial charge in [0.2, 0.25) is 10.0 Å². The van der Waals surface area contributed by atoms with Gasteiger partial charge in [-0.1, -0.05) is 42.5 Å². The van der Waals surface area contributed by atoms with E-state index < -0.39 is 10.0 Å². The first-order chi connectivity index (χ1) is 14.5. The average Bonchev–Trinajstić information content (AvgIpc) is 2.76. The molecule has 0 saturated heterocycles. The standard InChI is InChI=1S/C21H30N4O4S.HI/c1-22-21(23-11-14-29-17-18-7-4-3-5-8-18)24-16-19-9-6-10-20(15-19)30(26,27)25-12-13-28-2;/h3-10,15,25H,11-14,16-17H2,1-2H3,(H2,22,23,24);1H. The summed E-state index contributed by atoms with van der Waals surface area (Å²) < 4.78 is 37.7. The van der Waals surface area contributed by atoms with Gasteiger partial charge in [-0.3, -0.25) is 4.99 Å². The first-order valence-corrected chi connectivity index (χ1v) is 11.2. The zero-order valence-corrected chi connectivity index (χ0v) is 21.0. The molecule has 0 aliphatic carbocycles. The van der Waals surface area contributed by atoms with Gasteiger partial charge in [0.1, 0.15) is 0 Å². The van der Waals surface area contributed by atoms with Crippen molar-refractivity contribution in [1.82, 2.24) is 15.4 Å². The molecule has 0 bridgehead atoms. The molecule has 2 rings (SSSR count). The summed E-state index contributed by atoms with van der Waals surface area (Å²) in [4.78, 5) is 4.39. The molecular weight excluding hydrogens is 531 g/mol. The van der Waals surface area contributed by atoms with Crippen LogP contribution in [0.25, 0.3) is 0 Å². The van der Waals surface area contributed by atoms with Crippen molar-refractivity contribution < 1.29 is 17.9 Å². The molecule has 0 radical (unpaired) electrons. The van der Waals surface area contributed by atoms with Crippen LogP contribution in [-0.4, -0.2) is 54.8 Å². The third kappa shape index (κ3) is 10.4. The molecular formula is C21H31IN4O4S. The highest BCUT2D eigenvalue weighted by molar-refractivity contribution is 14.0. The molecule has 3 N–H and O–H groups in total. The van der Waals surface area contributed by atoms with Gasteiger partial charge in [0, 0.05) is 33.8 Å². The number of methoxy groups -OCH3 is 1. The smallest absolute Gasteiger partial charge is 0.240 e. The molecule has 0 heterocycles. The molecule has 0 aromatic heterocycles. The quantitative estimate of drug-likeness (QED) is 0.159. The van der Waals surface area contributed by atoms with Crippen LogP contribution >= 0.6 is 24.0 Å². The lowest BCUT2D eigenvalue weighted by Crippen LogP contribution is -2.38. The van der Waals surface area contributed by atoms with Crippen LogP contribution in [0.5, 0.6) is 0 Å². The van der Waals surface area contributed by atoms with Crippen molar-refractivity contribution in [3.63, 3.8) is 0 Å². The van der Waals surface area contributed by atoms with E-state index in [0.29, 0.717) is 38.9 Å². The number of nitrogens with zero attached hydrogens (tertiary/aromatic N) is 1. The average molecular weight is 562 g/mol. The predicted octanol–water partition coefficient (Wildman–Crippen LogP) is 2.11. The second-order valence-corrected chi connectivity index (χ2v) is 8.20. The van der Waals surface area contributed by atoms with Gasteiger partial charge in [-0.2, -0.15) is 0 Å². The molecule has 2 aromatic rings. The lowest BCUT2D eigenvalue weighted by Gasteiger charge is -2.13. The van der Waals surface area contributed by atoms with E-state index >= 15 is 0 Å². The number of sulfonamides is 1. The third-order valence-corrected chi connectivity index (χ3v) is 5.60. The second-order valence-electron chi connectivity index (χ2n) is 6.43. The Labute approximate surface area is 201 Å². The highest BCUT2D eigenvalue weighted by atomic mass is 127. The van der Waals surface area contributed by atoms with Crippen molar-refractivity contribution in [3.8, 4) is 0 Å². The number of benzene rings is 2. The number of rotatable bonds is 12. The van der Waals surface area contributed by atoms with Crippen LogP contribution in [-0.2, 0) is 32.6 Å². The summed E-state index contributed by atoms with van der Waals surface area (Å²) in [5.74, 6) is 0.616. The van der Waals surface area contributed by atoms with Crippen LogP contribution in [0.3, 0.4) is 0 Å². The first-order valence-electron chi connectivity index (χ1n) is 9.69. The fraction of sp³-hybridized carbons (Fsp3) is 0.381. The number of hydrogen-bond acceptors (Lipinski definition) is 5. The minimum Gasteiger partial charge on any atom is -0.383 e. The Morgan fingerprint density at radius 1 is 0.968 bits per heavy atom. The summed E-state index contributed by atoms with van der Waals surface area (Å²) in [6, 6.07) is 16.8. The first kappa shape index (κ1) is 27.3. The maximum atomic E-state index is 12.3. The molecule has 0 aliphatic heterocycles. The zero-order chi connectivity index (χ0) is 21.7. The molecule has 0 unspecified atom stereocenters. The van der Waals surface area contributed by atoms with Crippen LogP contribution in [0.15, 0.2) is 64.5 Å². The summed E-state index contributed by atoms with van der Waals surface area (Å²) in [7, 11) is -0.357. The van der Waals surface area contributed by atoms with Crippen molar-refractivity contribution in [2.45, 2.75) is 18.0 Å². The Hall–Kier alpha value is -1.73. The molecule has 0 atom stereocenters. The molecule has 172 valence electrons. The maximum Gasteiger partial charge on any atom is 0.240 e. The molecule has 8 nitrogen and oxygen atoms in total. The normalized spacial score (nSPS) is 11.6. The summed E-state index contributed by atoms with van der Waals surface area (Å²) in [6.45, 7) is 2.68. The van der Waals surface area contributed by atoms with Gasteiger partial charge in [0.05, 0.1) is 24.7 Å². The van der Waals surface area contributed by atoms with E-state index in [0.717, 1.165) is 11.1 Å². The molecule has 0 saturated carbocycles. The lowest BCUT2D eigenvalue weighted by atomic mass is 10.2. The minimum absolute atomic E-state index is 0.